The fraction of sp³-hybridized carbons (Fsp3) is 0.235. The quantitative estimate of drug-likeness (QED) is 0.765. The first-order chi connectivity index (χ1) is 10.6. The van der Waals surface area contributed by atoms with Crippen LogP contribution < -0.4 is 10.6 Å². The fourth-order valence-electron chi connectivity index (χ4n) is 2.00. The van der Waals surface area contributed by atoms with Crippen molar-refractivity contribution >= 4 is 23.2 Å². The molecule has 0 unspecified atom stereocenters. The highest BCUT2D eigenvalue weighted by atomic mass is 35.5. The maximum atomic E-state index is 13.0. The first kappa shape index (κ1) is 16.5. The molecule has 22 heavy (non-hydrogen) atoms. The van der Waals surface area contributed by atoms with Gasteiger partial charge in [-0.15, -0.1) is 0 Å². The highest BCUT2D eigenvalue weighted by molar-refractivity contribution is 6.30. The van der Waals surface area contributed by atoms with Gasteiger partial charge in [-0.3, -0.25) is 4.79 Å². The first-order valence-corrected chi connectivity index (χ1v) is 7.52. The molecule has 2 rings (SSSR count). The molecule has 5 heteroatoms. The molecule has 1 amide bonds. The maximum Gasteiger partial charge on any atom is 0.225 e. The largest absolute Gasteiger partial charge is 0.326 e. The average molecular weight is 321 g/mol. The van der Waals surface area contributed by atoms with Crippen molar-refractivity contribution < 1.29 is 9.18 Å². The number of carbonyl (C=O) groups excluding carboxylic acids is 1. The number of nitrogens with one attached hydrogen (secondary N) is 2. The van der Waals surface area contributed by atoms with Gasteiger partial charge in [-0.05, 0) is 48.9 Å². The molecule has 116 valence electrons. The Morgan fingerprint density at radius 2 is 1.86 bits per heavy atom. The smallest absolute Gasteiger partial charge is 0.225 e. The summed E-state index contributed by atoms with van der Waals surface area (Å²) in [4.78, 5) is 11.7. The van der Waals surface area contributed by atoms with Crippen LogP contribution in [0.1, 0.15) is 12.0 Å². The van der Waals surface area contributed by atoms with Crippen LogP contribution in [-0.4, -0.2) is 19.0 Å². The number of amides is 1. The van der Waals surface area contributed by atoms with Crippen molar-refractivity contribution in [3.8, 4) is 0 Å². The zero-order valence-corrected chi connectivity index (χ0v) is 12.9. The first-order valence-electron chi connectivity index (χ1n) is 7.14. The molecule has 0 radical (unpaired) electrons. The highest BCUT2D eigenvalue weighted by Gasteiger charge is 2.02. The second kappa shape index (κ2) is 8.51. The Morgan fingerprint density at radius 1 is 1.09 bits per heavy atom. The van der Waals surface area contributed by atoms with Crippen LogP contribution in [0.4, 0.5) is 10.1 Å². The third-order valence-corrected chi connectivity index (χ3v) is 3.39. The van der Waals surface area contributed by atoms with E-state index < -0.39 is 0 Å². The van der Waals surface area contributed by atoms with Gasteiger partial charge >= 0.3 is 0 Å². The Hall–Kier alpha value is -1.91. The third kappa shape index (κ3) is 5.84. The second-order valence-electron chi connectivity index (χ2n) is 4.93. The summed E-state index contributed by atoms with van der Waals surface area (Å²) in [5.74, 6) is -0.497. The summed E-state index contributed by atoms with van der Waals surface area (Å²) in [7, 11) is 0. The van der Waals surface area contributed by atoms with Crippen LogP contribution in [-0.2, 0) is 11.2 Å². The number of hydrogen-bond donors (Lipinski definition) is 2. The number of benzene rings is 2. The summed E-state index contributed by atoms with van der Waals surface area (Å²) < 4.78 is 13.0. The standard InChI is InChI=1S/C17H18ClFN2O/c18-14-6-4-13(5-7-14)8-10-20-11-9-17(22)21-16-3-1-2-15(19)12-16/h1-7,12,20H,8-11H2,(H,21,22). The summed E-state index contributed by atoms with van der Waals surface area (Å²) in [5.41, 5.74) is 1.67. The maximum absolute atomic E-state index is 13.0. The SMILES string of the molecule is O=C(CCNCCc1ccc(Cl)cc1)Nc1cccc(F)c1. The van der Waals surface area contributed by atoms with Crippen LogP contribution in [0.25, 0.3) is 0 Å². The summed E-state index contributed by atoms with van der Waals surface area (Å²) in [5, 5.41) is 6.60. The predicted octanol–water partition coefficient (Wildman–Crippen LogP) is 3.64. The molecule has 2 N–H and O–H groups in total. The van der Waals surface area contributed by atoms with E-state index in [0.29, 0.717) is 18.7 Å². The fourth-order valence-corrected chi connectivity index (χ4v) is 2.13. The van der Waals surface area contributed by atoms with Crippen LogP contribution in [0.2, 0.25) is 5.02 Å². The van der Waals surface area contributed by atoms with Crippen molar-refractivity contribution in [2.45, 2.75) is 12.8 Å². The number of hydrogen-bond acceptors (Lipinski definition) is 2. The van der Waals surface area contributed by atoms with Gasteiger partial charge in [0.05, 0.1) is 0 Å². The molecule has 0 aliphatic rings. The van der Waals surface area contributed by atoms with Crippen molar-refractivity contribution in [2.24, 2.45) is 0 Å². The minimum atomic E-state index is -0.362. The topological polar surface area (TPSA) is 41.1 Å². The lowest BCUT2D eigenvalue weighted by Crippen LogP contribution is -2.23. The molecule has 2 aromatic rings. The molecule has 0 atom stereocenters. The van der Waals surface area contributed by atoms with Crippen LogP contribution in [0.5, 0.6) is 0 Å². The highest BCUT2D eigenvalue weighted by Crippen LogP contribution is 2.10. The van der Waals surface area contributed by atoms with Crippen LogP contribution in [0.3, 0.4) is 0 Å². The summed E-state index contributed by atoms with van der Waals surface area (Å²) in [6, 6.07) is 13.6. The predicted molar refractivity (Wildman–Crippen MR) is 87.7 cm³/mol. The van der Waals surface area contributed by atoms with E-state index in [1.165, 1.54) is 17.7 Å². The van der Waals surface area contributed by atoms with Crippen molar-refractivity contribution in [3.05, 3.63) is 64.9 Å². The van der Waals surface area contributed by atoms with Gasteiger partial charge in [0.15, 0.2) is 0 Å². The number of anilines is 1. The summed E-state index contributed by atoms with van der Waals surface area (Å²) >= 11 is 5.82. The van der Waals surface area contributed by atoms with Crippen molar-refractivity contribution in [1.82, 2.24) is 5.32 Å². The van der Waals surface area contributed by atoms with E-state index in [0.717, 1.165) is 18.0 Å². The lowest BCUT2D eigenvalue weighted by Gasteiger charge is -2.07. The Balaban J connectivity index is 1.62. The zero-order chi connectivity index (χ0) is 15.8. The van der Waals surface area contributed by atoms with Gasteiger partial charge < -0.3 is 10.6 Å². The third-order valence-electron chi connectivity index (χ3n) is 3.14. The molecule has 0 saturated heterocycles. The van der Waals surface area contributed by atoms with Crippen molar-refractivity contribution in [2.75, 3.05) is 18.4 Å². The zero-order valence-electron chi connectivity index (χ0n) is 12.1. The van der Waals surface area contributed by atoms with E-state index in [1.54, 1.807) is 12.1 Å². The van der Waals surface area contributed by atoms with E-state index in [-0.39, 0.29) is 11.7 Å². The molecule has 0 aromatic heterocycles. The van der Waals surface area contributed by atoms with Crippen molar-refractivity contribution in [3.63, 3.8) is 0 Å². The molecule has 2 aromatic carbocycles. The van der Waals surface area contributed by atoms with Crippen molar-refractivity contribution in [1.29, 1.82) is 0 Å². The summed E-state index contributed by atoms with van der Waals surface area (Å²) in [6.45, 7) is 1.36. The molecule has 3 nitrogen and oxygen atoms in total. The molecular weight excluding hydrogens is 303 g/mol. The molecule has 0 heterocycles. The molecule has 0 spiro atoms. The Morgan fingerprint density at radius 3 is 2.59 bits per heavy atom. The van der Waals surface area contributed by atoms with E-state index in [2.05, 4.69) is 10.6 Å². The van der Waals surface area contributed by atoms with Gasteiger partial charge in [-0.2, -0.15) is 0 Å². The Labute approximate surface area is 134 Å². The van der Waals surface area contributed by atoms with E-state index in [4.69, 9.17) is 11.6 Å². The van der Waals surface area contributed by atoms with Crippen LogP contribution in [0.15, 0.2) is 48.5 Å². The van der Waals surface area contributed by atoms with Crippen LogP contribution >= 0.6 is 11.6 Å². The van der Waals surface area contributed by atoms with E-state index >= 15 is 0 Å². The number of halogens is 2. The average Bonchev–Trinajstić information content (AvgIpc) is 2.49. The second-order valence-corrected chi connectivity index (χ2v) is 5.37. The molecule has 0 aliphatic heterocycles. The lowest BCUT2D eigenvalue weighted by molar-refractivity contribution is -0.116. The molecular formula is C17H18ClFN2O. The molecule has 0 aliphatic carbocycles. The van der Waals surface area contributed by atoms with E-state index in [9.17, 15) is 9.18 Å². The molecule has 0 saturated carbocycles. The van der Waals surface area contributed by atoms with E-state index in [1.807, 2.05) is 24.3 Å². The molecule has 0 bridgehead atoms. The minimum absolute atomic E-state index is 0.135. The van der Waals surface area contributed by atoms with Gasteiger partial charge in [-0.25, -0.2) is 4.39 Å². The lowest BCUT2D eigenvalue weighted by atomic mass is 10.1. The van der Waals surface area contributed by atoms with Gasteiger partial charge in [0.1, 0.15) is 5.82 Å². The Kier molecular flexibility index (Phi) is 6.37. The van der Waals surface area contributed by atoms with Crippen LogP contribution in [0, 0.1) is 5.82 Å². The van der Waals surface area contributed by atoms with Gasteiger partial charge in [-0.1, -0.05) is 29.8 Å². The van der Waals surface area contributed by atoms with Gasteiger partial charge in [0.25, 0.3) is 0 Å². The normalized spacial score (nSPS) is 10.5. The number of carbonyl (C=O) groups is 1. The monoisotopic (exact) mass is 320 g/mol. The van der Waals surface area contributed by atoms with Gasteiger partial charge in [0, 0.05) is 23.7 Å². The summed E-state index contributed by atoms with van der Waals surface area (Å²) in [6.07, 6.45) is 1.22. The Bertz CT molecular complexity index is 616. The molecule has 0 fully saturated rings. The van der Waals surface area contributed by atoms with Gasteiger partial charge in [0.2, 0.25) is 5.91 Å². The number of rotatable bonds is 7. The minimum Gasteiger partial charge on any atom is -0.326 e.